The van der Waals surface area contributed by atoms with Crippen molar-refractivity contribution in [3.05, 3.63) is 107 Å². The van der Waals surface area contributed by atoms with Gasteiger partial charge in [-0.1, -0.05) is 72.3 Å². The lowest BCUT2D eigenvalue weighted by molar-refractivity contribution is 0.000740. The van der Waals surface area contributed by atoms with Crippen LogP contribution < -0.4 is 0 Å². The Morgan fingerprint density at radius 3 is 2.07 bits per heavy atom. The SMILES string of the molecule is Cc1ccc([C@](O)(c2ccc(F)cc2)[C@@H](CN2CCOCC2)c2ccccc2)cc1. The van der Waals surface area contributed by atoms with Crippen molar-refractivity contribution in [3.8, 4) is 0 Å². The fourth-order valence-corrected chi connectivity index (χ4v) is 4.29. The van der Waals surface area contributed by atoms with Gasteiger partial charge in [-0.25, -0.2) is 4.39 Å². The predicted molar refractivity (Wildman–Crippen MR) is 117 cm³/mol. The van der Waals surface area contributed by atoms with Crippen molar-refractivity contribution >= 4 is 0 Å². The lowest BCUT2D eigenvalue weighted by atomic mass is 9.72. The van der Waals surface area contributed by atoms with Gasteiger partial charge in [0.05, 0.1) is 13.2 Å². The minimum atomic E-state index is -1.30. The Morgan fingerprint density at radius 2 is 1.47 bits per heavy atom. The number of rotatable bonds is 6. The molecular formula is C26H28FNO2. The average molecular weight is 406 g/mol. The highest BCUT2D eigenvalue weighted by molar-refractivity contribution is 5.43. The second-order valence-corrected chi connectivity index (χ2v) is 8.02. The van der Waals surface area contributed by atoms with Gasteiger partial charge < -0.3 is 9.84 Å². The molecule has 156 valence electrons. The molecule has 1 aliphatic heterocycles. The second-order valence-electron chi connectivity index (χ2n) is 8.02. The molecular weight excluding hydrogens is 377 g/mol. The minimum Gasteiger partial charge on any atom is -0.380 e. The first-order valence-electron chi connectivity index (χ1n) is 10.5. The molecule has 3 nitrogen and oxygen atoms in total. The number of morpholine rings is 1. The van der Waals surface area contributed by atoms with Gasteiger partial charge in [0.1, 0.15) is 11.4 Å². The molecule has 1 heterocycles. The minimum absolute atomic E-state index is 0.232. The van der Waals surface area contributed by atoms with Crippen LogP contribution in [-0.4, -0.2) is 42.9 Å². The smallest absolute Gasteiger partial charge is 0.123 e. The summed E-state index contributed by atoms with van der Waals surface area (Å²) in [6.07, 6.45) is 0. The summed E-state index contributed by atoms with van der Waals surface area (Å²) < 4.78 is 19.2. The summed E-state index contributed by atoms with van der Waals surface area (Å²) in [5.41, 5.74) is 2.37. The van der Waals surface area contributed by atoms with Gasteiger partial charge in [-0.05, 0) is 35.7 Å². The molecule has 1 fully saturated rings. The van der Waals surface area contributed by atoms with Gasteiger partial charge in [0.2, 0.25) is 0 Å². The Balaban J connectivity index is 1.85. The Kier molecular flexibility index (Phi) is 6.28. The van der Waals surface area contributed by atoms with Crippen LogP contribution >= 0.6 is 0 Å². The maximum Gasteiger partial charge on any atom is 0.123 e. The number of hydrogen-bond acceptors (Lipinski definition) is 3. The molecule has 1 saturated heterocycles. The van der Waals surface area contributed by atoms with Crippen LogP contribution in [0.15, 0.2) is 78.9 Å². The van der Waals surface area contributed by atoms with E-state index in [0.29, 0.717) is 25.3 Å². The van der Waals surface area contributed by atoms with Gasteiger partial charge in [-0.2, -0.15) is 0 Å². The number of aliphatic hydroxyl groups is 1. The molecule has 3 aromatic carbocycles. The lowest BCUT2D eigenvalue weighted by Gasteiger charge is -2.41. The standard InChI is InChI=1S/C26H28FNO2/c1-20-7-9-22(10-8-20)26(29,23-11-13-24(27)14-12-23)25(21-5-3-2-4-6-21)19-28-15-17-30-18-16-28/h2-14,25,29H,15-19H2,1H3/t25-,26-/m0/s1. The maximum atomic E-state index is 13.7. The van der Waals surface area contributed by atoms with Crippen LogP contribution in [0.2, 0.25) is 0 Å². The molecule has 1 N–H and O–H groups in total. The second kappa shape index (κ2) is 9.09. The van der Waals surface area contributed by atoms with E-state index in [1.165, 1.54) is 12.1 Å². The Bertz CT molecular complexity index is 890. The monoisotopic (exact) mass is 405 g/mol. The summed E-state index contributed by atoms with van der Waals surface area (Å²) in [5.74, 6) is -0.542. The zero-order valence-corrected chi connectivity index (χ0v) is 17.3. The van der Waals surface area contributed by atoms with Gasteiger partial charge in [-0.3, -0.25) is 4.90 Å². The van der Waals surface area contributed by atoms with Crippen LogP contribution in [0.5, 0.6) is 0 Å². The van der Waals surface area contributed by atoms with Gasteiger partial charge >= 0.3 is 0 Å². The molecule has 1 aliphatic rings. The molecule has 0 unspecified atom stereocenters. The van der Waals surface area contributed by atoms with Crippen molar-refractivity contribution in [3.63, 3.8) is 0 Å². The summed E-state index contributed by atoms with van der Waals surface area (Å²) in [6.45, 7) is 5.76. The molecule has 3 aromatic rings. The highest BCUT2D eigenvalue weighted by atomic mass is 19.1. The van der Waals surface area contributed by atoms with Crippen LogP contribution in [0, 0.1) is 12.7 Å². The Hall–Kier alpha value is -2.53. The van der Waals surface area contributed by atoms with Crippen LogP contribution in [-0.2, 0) is 10.3 Å². The van der Waals surface area contributed by atoms with E-state index in [-0.39, 0.29) is 11.7 Å². The lowest BCUT2D eigenvalue weighted by Crippen LogP contribution is -2.45. The third-order valence-corrected chi connectivity index (χ3v) is 6.03. The van der Waals surface area contributed by atoms with Crippen molar-refractivity contribution in [2.75, 3.05) is 32.8 Å². The molecule has 2 atom stereocenters. The van der Waals surface area contributed by atoms with Crippen LogP contribution in [0.4, 0.5) is 4.39 Å². The normalized spacial score (nSPS) is 18.0. The number of nitrogens with zero attached hydrogens (tertiary/aromatic N) is 1. The largest absolute Gasteiger partial charge is 0.380 e. The van der Waals surface area contributed by atoms with Crippen molar-refractivity contribution in [1.82, 2.24) is 4.90 Å². The predicted octanol–water partition coefficient (Wildman–Crippen LogP) is 4.49. The summed E-state index contributed by atoms with van der Waals surface area (Å²) in [7, 11) is 0. The molecule has 0 aliphatic carbocycles. The zero-order valence-electron chi connectivity index (χ0n) is 17.3. The first kappa shape index (κ1) is 20.7. The van der Waals surface area contributed by atoms with E-state index >= 15 is 0 Å². The van der Waals surface area contributed by atoms with Crippen molar-refractivity contribution < 1.29 is 14.2 Å². The van der Waals surface area contributed by atoms with Crippen LogP contribution in [0.25, 0.3) is 0 Å². The first-order chi connectivity index (χ1) is 14.6. The highest BCUT2D eigenvalue weighted by Crippen LogP contribution is 2.43. The fourth-order valence-electron chi connectivity index (χ4n) is 4.29. The first-order valence-corrected chi connectivity index (χ1v) is 10.5. The molecule has 4 heteroatoms. The van der Waals surface area contributed by atoms with Gasteiger partial charge in [0.15, 0.2) is 0 Å². The third kappa shape index (κ3) is 4.31. The molecule has 4 rings (SSSR count). The van der Waals surface area contributed by atoms with E-state index in [9.17, 15) is 9.50 Å². The van der Waals surface area contributed by atoms with E-state index < -0.39 is 5.60 Å². The molecule has 0 spiro atoms. The summed E-state index contributed by atoms with van der Waals surface area (Å²) in [4.78, 5) is 2.34. The van der Waals surface area contributed by atoms with Crippen molar-refractivity contribution in [1.29, 1.82) is 0 Å². The van der Waals surface area contributed by atoms with Gasteiger partial charge in [0.25, 0.3) is 0 Å². The molecule has 0 bridgehead atoms. The van der Waals surface area contributed by atoms with Crippen molar-refractivity contribution in [2.24, 2.45) is 0 Å². The summed E-state index contributed by atoms with van der Waals surface area (Å²) >= 11 is 0. The summed E-state index contributed by atoms with van der Waals surface area (Å²) in [6, 6.07) is 24.3. The number of ether oxygens (including phenoxy) is 1. The maximum absolute atomic E-state index is 13.7. The molecule has 0 radical (unpaired) electrons. The molecule has 0 amide bonds. The summed E-state index contributed by atoms with van der Waals surface area (Å²) in [5, 5.41) is 12.4. The quantitative estimate of drug-likeness (QED) is 0.656. The fraction of sp³-hybridized carbons (Fsp3) is 0.308. The topological polar surface area (TPSA) is 32.7 Å². The Morgan fingerprint density at radius 1 is 0.900 bits per heavy atom. The number of halogens is 1. The van der Waals surface area contributed by atoms with Crippen molar-refractivity contribution in [2.45, 2.75) is 18.4 Å². The average Bonchev–Trinajstić information content (AvgIpc) is 2.79. The van der Waals surface area contributed by atoms with Gasteiger partial charge in [0, 0.05) is 25.6 Å². The third-order valence-electron chi connectivity index (χ3n) is 6.03. The van der Waals surface area contributed by atoms with Crippen LogP contribution in [0.1, 0.15) is 28.2 Å². The molecule has 0 aromatic heterocycles. The number of benzene rings is 3. The van der Waals surface area contributed by atoms with E-state index in [0.717, 1.165) is 29.8 Å². The molecule has 30 heavy (non-hydrogen) atoms. The Labute approximate surface area is 177 Å². The zero-order chi connectivity index (χ0) is 21.0. The highest BCUT2D eigenvalue weighted by Gasteiger charge is 2.42. The van der Waals surface area contributed by atoms with E-state index in [2.05, 4.69) is 17.0 Å². The number of hydrogen-bond donors (Lipinski definition) is 1. The van der Waals surface area contributed by atoms with E-state index in [4.69, 9.17) is 4.74 Å². The van der Waals surface area contributed by atoms with Crippen LogP contribution in [0.3, 0.4) is 0 Å². The van der Waals surface area contributed by atoms with E-state index in [1.54, 1.807) is 12.1 Å². The number of aryl methyl sites for hydroxylation is 1. The molecule has 0 saturated carbocycles. The van der Waals surface area contributed by atoms with E-state index in [1.807, 2.05) is 49.4 Å². The van der Waals surface area contributed by atoms with Gasteiger partial charge in [-0.15, -0.1) is 0 Å².